The Kier molecular flexibility index (Phi) is 2.16. The zero-order valence-electron chi connectivity index (χ0n) is 10.4. The number of nitrogens with zero attached hydrogens (tertiary/aromatic N) is 1. The molecule has 0 radical (unpaired) electrons. The van der Waals surface area contributed by atoms with Crippen molar-refractivity contribution >= 4 is 27.8 Å². The molecule has 0 spiro atoms. The van der Waals surface area contributed by atoms with Gasteiger partial charge in [0, 0.05) is 17.2 Å². The van der Waals surface area contributed by atoms with Crippen LogP contribution in [0.4, 0.5) is 0 Å². The number of carbonyl (C=O) groups excluding carboxylic acids is 1. The summed E-state index contributed by atoms with van der Waals surface area (Å²) >= 11 is 1.48. The van der Waals surface area contributed by atoms with Gasteiger partial charge in [0.1, 0.15) is 5.69 Å². The first-order valence-corrected chi connectivity index (χ1v) is 7.57. The van der Waals surface area contributed by atoms with Crippen LogP contribution >= 0.6 is 11.8 Å². The summed E-state index contributed by atoms with van der Waals surface area (Å²) in [6.45, 7) is 2.24. The SMILES string of the molecule is C[C@@H]1CCc2cccc3c4c(n1c23)C(=O)SCC4. The average Bonchev–Trinajstić information content (AvgIpc) is 2.73. The van der Waals surface area contributed by atoms with Crippen molar-refractivity contribution in [2.24, 2.45) is 0 Å². The van der Waals surface area contributed by atoms with Gasteiger partial charge in [0.05, 0.1) is 5.52 Å². The Hall–Kier alpha value is -1.22. The van der Waals surface area contributed by atoms with Crippen molar-refractivity contribution in [3.63, 3.8) is 0 Å². The van der Waals surface area contributed by atoms with Crippen LogP contribution in [0.15, 0.2) is 18.2 Å². The molecule has 1 aromatic carbocycles. The number of aromatic nitrogens is 1. The molecule has 0 fully saturated rings. The van der Waals surface area contributed by atoms with Gasteiger partial charge in [-0.15, -0.1) is 0 Å². The number of hydrogen-bond donors (Lipinski definition) is 0. The minimum atomic E-state index is 0.271. The second kappa shape index (κ2) is 3.64. The summed E-state index contributed by atoms with van der Waals surface area (Å²) in [6, 6.07) is 7.00. The lowest BCUT2D eigenvalue weighted by Crippen LogP contribution is -2.19. The van der Waals surface area contributed by atoms with E-state index in [0.29, 0.717) is 6.04 Å². The molecule has 3 heterocycles. The molecule has 0 saturated heterocycles. The summed E-state index contributed by atoms with van der Waals surface area (Å²) in [5.74, 6) is 0.934. The summed E-state index contributed by atoms with van der Waals surface area (Å²) in [4.78, 5) is 12.3. The van der Waals surface area contributed by atoms with Gasteiger partial charge >= 0.3 is 0 Å². The standard InChI is InChI=1S/C15H15NOS/c1-9-5-6-10-3-2-4-11-12-7-8-18-15(17)14(12)16(9)13(10)11/h2-4,9H,5-8H2,1H3/t9-/m1/s1. The molecule has 1 aromatic heterocycles. The fourth-order valence-corrected chi connectivity index (χ4v) is 4.28. The Morgan fingerprint density at radius 3 is 3.11 bits per heavy atom. The van der Waals surface area contributed by atoms with Crippen molar-refractivity contribution in [2.45, 2.75) is 32.2 Å². The largest absolute Gasteiger partial charge is 0.334 e. The lowest BCUT2D eigenvalue weighted by atomic mass is 9.99. The Morgan fingerprint density at radius 2 is 2.22 bits per heavy atom. The molecular formula is C15H15NOS. The molecule has 0 unspecified atom stereocenters. The third-order valence-corrected chi connectivity index (χ3v) is 5.13. The van der Waals surface area contributed by atoms with Crippen LogP contribution in [-0.2, 0) is 12.8 Å². The number of fused-ring (bicyclic) bond motifs is 3. The fourth-order valence-electron chi connectivity index (χ4n) is 3.43. The minimum Gasteiger partial charge on any atom is -0.334 e. The third-order valence-electron chi connectivity index (χ3n) is 4.26. The van der Waals surface area contributed by atoms with E-state index < -0.39 is 0 Å². The molecule has 0 amide bonds. The van der Waals surface area contributed by atoms with Gasteiger partial charge in [-0.25, -0.2) is 0 Å². The highest BCUT2D eigenvalue weighted by atomic mass is 32.2. The molecule has 18 heavy (non-hydrogen) atoms. The molecule has 3 heteroatoms. The second-order valence-electron chi connectivity index (χ2n) is 5.28. The number of benzene rings is 1. The van der Waals surface area contributed by atoms with Crippen molar-refractivity contribution in [1.82, 2.24) is 4.57 Å². The number of thioether (sulfide) groups is 1. The number of para-hydroxylation sites is 1. The Labute approximate surface area is 110 Å². The van der Waals surface area contributed by atoms with Gasteiger partial charge < -0.3 is 4.57 Å². The predicted molar refractivity (Wildman–Crippen MR) is 75.5 cm³/mol. The number of carbonyl (C=O) groups is 1. The lowest BCUT2D eigenvalue weighted by Gasteiger charge is -2.25. The van der Waals surface area contributed by atoms with Gasteiger partial charge in [-0.05, 0) is 37.3 Å². The van der Waals surface area contributed by atoms with Gasteiger partial charge in [-0.1, -0.05) is 30.0 Å². The van der Waals surface area contributed by atoms with Gasteiger partial charge in [-0.2, -0.15) is 0 Å². The van der Waals surface area contributed by atoms with E-state index in [1.165, 1.54) is 33.8 Å². The summed E-state index contributed by atoms with van der Waals surface area (Å²) in [5, 5.41) is 1.59. The highest BCUT2D eigenvalue weighted by Gasteiger charge is 2.31. The van der Waals surface area contributed by atoms with E-state index in [1.54, 1.807) is 0 Å². The number of rotatable bonds is 0. The summed E-state index contributed by atoms with van der Waals surface area (Å²) in [6.07, 6.45) is 3.32. The summed E-state index contributed by atoms with van der Waals surface area (Å²) in [5.41, 5.74) is 5.03. The Morgan fingerprint density at radius 1 is 1.33 bits per heavy atom. The molecule has 0 bridgehead atoms. The first-order valence-electron chi connectivity index (χ1n) is 6.59. The van der Waals surface area contributed by atoms with E-state index in [9.17, 15) is 4.79 Å². The van der Waals surface area contributed by atoms with E-state index >= 15 is 0 Å². The maximum atomic E-state index is 12.3. The van der Waals surface area contributed by atoms with Crippen molar-refractivity contribution in [3.05, 3.63) is 35.0 Å². The first kappa shape index (κ1) is 10.7. The minimum absolute atomic E-state index is 0.271. The predicted octanol–water partition coefficient (Wildman–Crippen LogP) is 3.58. The quantitative estimate of drug-likeness (QED) is 0.719. The monoisotopic (exact) mass is 257 g/mol. The van der Waals surface area contributed by atoms with Gasteiger partial charge in [0.2, 0.25) is 5.12 Å². The highest BCUT2D eigenvalue weighted by Crippen LogP contribution is 2.40. The molecule has 0 saturated carbocycles. The summed E-state index contributed by atoms with van der Waals surface area (Å²) in [7, 11) is 0. The maximum absolute atomic E-state index is 12.3. The lowest BCUT2D eigenvalue weighted by molar-refractivity contribution is 0.107. The van der Waals surface area contributed by atoms with Crippen LogP contribution in [0, 0.1) is 0 Å². The van der Waals surface area contributed by atoms with Gasteiger partial charge in [0.15, 0.2) is 0 Å². The van der Waals surface area contributed by atoms with Crippen LogP contribution < -0.4 is 0 Å². The molecule has 92 valence electrons. The normalized spacial score (nSPS) is 22.3. The Bertz CT molecular complexity index is 671. The maximum Gasteiger partial charge on any atom is 0.236 e. The van der Waals surface area contributed by atoms with Crippen molar-refractivity contribution < 1.29 is 4.79 Å². The van der Waals surface area contributed by atoms with E-state index in [0.717, 1.165) is 30.7 Å². The van der Waals surface area contributed by atoms with Crippen LogP contribution in [0.25, 0.3) is 10.9 Å². The first-order chi connectivity index (χ1) is 8.77. The van der Waals surface area contributed by atoms with Crippen LogP contribution in [0.1, 0.15) is 41.0 Å². The highest BCUT2D eigenvalue weighted by molar-refractivity contribution is 8.14. The zero-order chi connectivity index (χ0) is 12.3. The van der Waals surface area contributed by atoms with Crippen LogP contribution in [0.2, 0.25) is 0 Å². The molecule has 4 rings (SSSR count). The Balaban J connectivity index is 2.19. The topological polar surface area (TPSA) is 22.0 Å². The summed E-state index contributed by atoms with van der Waals surface area (Å²) < 4.78 is 2.32. The van der Waals surface area contributed by atoms with Crippen molar-refractivity contribution in [3.8, 4) is 0 Å². The molecule has 2 nitrogen and oxygen atoms in total. The molecule has 0 aliphatic carbocycles. The van der Waals surface area contributed by atoms with Crippen LogP contribution in [0.3, 0.4) is 0 Å². The van der Waals surface area contributed by atoms with E-state index in [4.69, 9.17) is 0 Å². The molecule has 0 N–H and O–H groups in total. The number of aryl methyl sites for hydroxylation is 2. The number of hydrogen-bond acceptors (Lipinski definition) is 2. The molecular weight excluding hydrogens is 242 g/mol. The van der Waals surface area contributed by atoms with E-state index in [-0.39, 0.29) is 5.12 Å². The molecule has 2 aliphatic rings. The van der Waals surface area contributed by atoms with Crippen LogP contribution in [-0.4, -0.2) is 15.4 Å². The molecule has 2 aliphatic heterocycles. The average molecular weight is 257 g/mol. The van der Waals surface area contributed by atoms with Crippen molar-refractivity contribution in [2.75, 3.05) is 5.75 Å². The van der Waals surface area contributed by atoms with Gasteiger partial charge in [0.25, 0.3) is 0 Å². The van der Waals surface area contributed by atoms with Crippen LogP contribution in [0.5, 0.6) is 0 Å². The molecule has 2 aromatic rings. The second-order valence-corrected chi connectivity index (χ2v) is 6.35. The van der Waals surface area contributed by atoms with E-state index in [2.05, 4.69) is 29.7 Å². The fraction of sp³-hybridized carbons (Fsp3) is 0.400. The third kappa shape index (κ3) is 1.23. The van der Waals surface area contributed by atoms with Gasteiger partial charge in [-0.3, -0.25) is 4.79 Å². The molecule has 1 atom stereocenters. The zero-order valence-corrected chi connectivity index (χ0v) is 11.2. The smallest absolute Gasteiger partial charge is 0.236 e. The van der Waals surface area contributed by atoms with E-state index in [1.807, 2.05) is 0 Å². The van der Waals surface area contributed by atoms with Crippen molar-refractivity contribution in [1.29, 1.82) is 0 Å².